The van der Waals surface area contributed by atoms with Crippen LogP contribution in [0.15, 0.2) is 12.4 Å². The summed E-state index contributed by atoms with van der Waals surface area (Å²) in [7, 11) is 0. The Hall–Kier alpha value is 0.963. The number of nitrogens with one attached hydrogen (secondary N) is 1. The first-order valence-corrected chi connectivity index (χ1v) is 2.83. The second-order valence-electron chi connectivity index (χ2n) is 0.938. The maximum atomic E-state index is 3.90. The first-order chi connectivity index (χ1) is 2.89. The quantitative estimate of drug-likeness (QED) is 0.495. The van der Waals surface area contributed by atoms with Crippen molar-refractivity contribution in [3.05, 3.63) is 12.4 Å². The molecule has 1 heterocycles. The topological polar surface area (TPSA) is 28.7 Å². The molecule has 0 bridgehead atoms. The van der Waals surface area contributed by atoms with Crippen molar-refractivity contribution in [1.82, 2.24) is 9.97 Å². The second kappa shape index (κ2) is 8.96. The second-order valence-corrected chi connectivity index (χ2v) is 2.10. The van der Waals surface area contributed by atoms with Crippen molar-refractivity contribution in [2.24, 2.45) is 0 Å². The molecule has 9 heavy (non-hydrogen) atoms. The van der Waals surface area contributed by atoms with Crippen molar-refractivity contribution in [2.75, 3.05) is 0 Å². The number of H-pyrrole nitrogens is 1. The van der Waals surface area contributed by atoms with Gasteiger partial charge in [-0.3, -0.25) is 0 Å². The predicted octanol–water partition coefficient (Wildman–Crippen LogP) is -9.41. The van der Waals surface area contributed by atoms with Crippen LogP contribution in [0.1, 0.15) is 0 Å². The van der Waals surface area contributed by atoms with Gasteiger partial charge in [-0.1, -0.05) is 0 Å². The Morgan fingerprint density at radius 3 is 2.00 bits per heavy atom. The van der Waals surface area contributed by atoms with Crippen molar-refractivity contribution in [3.8, 4) is 0 Å². The van der Waals surface area contributed by atoms with Crippen molar-refractivity contribution in [2.45, 2.75) is 0 Å². The van der Waals surface area contributed by atoms with Gasteiger partial charge >= 0.3 is 50.6 Å². The number of hydrogen-bond donors (Lipinski definition) is 1. The van der Waals surface area contributed by atoms with E-state index in [1.165, 1.54) is 24.7 Å². The Morgan fingerprint density at radius 1 is 1.33 bits per heavy atom. The monoisotopic (exact) mass is 262 g/mol. The molecule has 0 saturated carbocycles. The van der Waals surface area contributed by atoms with Gasteiger partial charge in [-0.15, -0.1) is 0 Å². The molecular weight excluding hydrogens is 262 g/mol. The fraction of sp³-hybridized carbons (Fsp3) is 0. The van der Waals surface area contributed by atoms with Gasteiger partial charge < -0.3 is 37.2 Å². The Kier molecular flexibility index (Phi) is 16.4. The number of imidazole rings is 1. The molecule has 1 rings (SSSR count). The van der Waals surface area contributed by atoms with Crippen LogP contribution >= 0.6 is 0 Å². The van der Waals surface area contributed by atoms with E-state index >= 15 is 0 Å². The molecule has 0 radical (unpaired) electrons. The van der Waals surface area contributed by atoms with E-state index < -0.39 is 0 Å². The van der Waals surface area contributed by atoms with Crippen molar-refractivity contribution >= 4 is 3.53 Å². The summed E-state index contributed by atoms with van der Waals surface area (Å²) in [5.74, 6) is 0. The molecule has 6 heteroatoms. The Balaban J connectivity index is -0.000000120. The van der Waals surface area contributed by atoms with Gasteiger partial charge in [0.1, 0.15) is 0 Å². The number of hydrogen-bond acceptors (Lipinski definition) is 1. The van der Waals surface area contributed by atoms with E-state index in [0.717, 1.165) is 3.53 Å². The van der Waals surface area contributed by atoms with Gasteiger partial charge in [-0.2, -0.15) is 0 Å². The minimum absolute atomic E-state index is 0. The van der Waals surface area contributed by atoms with Crippen LogP contribution in [0.3, 0.4) is 0 Å². The first kappa shape index (κ1) is 16.5. The molecule has 0 amide bonds. The zero-order valence-corrected chi connectivity index (χ0v) is 8.96. The molecule has 50 valence electrons. The molecule has 2 nitrogen and oxygen atoms in total. The molecule has 0 aliphatic carbocycles. The molecule has 0 aliphatic rings. The molecule has 0 unspecified atom stereocenters. The van der Waals surface area contributed by atoms with Crippen LogP contribution in [0, 0.1) is 0 Å². The van der Waals surface area contributed by atoms with Crippen LogP contribution in [0.25, 0.3) is 0 Å². The summed E-state index contributed by atoms with van der Waals surface area (Å²) < 4.78 is 1.06. The van der Waals surface area contributed by atoms with Gasteiger partial charge in [0, 0.05) is 0 Å². The van der Waals surface area contributed by atoms with Gasteiger partial charge in [0.05, 0.1) is 0 Å². The fourth-order valence-corrected chi connectivity index (χ4v) is 0.653. The number of nitrogens with zero attached hydrogens (tertiary/aromatic N) is 1. The molecule has 0 aromatic carbocycles. The average Bonchev–Trinajstić information content (AvgIpc) is 1.86. The molecular formula is C3H3Cl3N2Zr. The van der Waals surface area contributed by atoms with E-state index in [4.69, 9.17) is 0 Å². The average molecular weight is 265 g/mol. The SMILES string of the molecule is [Cl-].[Cl-].[Cl-].[Zr+3][c]1ncc[nH]1. The third-order valence-electron chi connectivity index (χ3n) is 0.498. The maximum absolute atomic E-state index is 3.90. The summed E-state index contributed by atoms with van der Waals surface area (Å²) in [5.41, 5.74) is 0. The normalized spacial score (nSPS) is 6.00. The van der Waals surface area contributed by atoms with Gasteiger partial charge in [-0.05, 0) is 0 Å². The van der Waals surface area contributed by atoms with E-state index in [1.807, 2.05) is 6.20 Å². The number of aromatic nitrogens is 2. The summed E-state index contributed by atoms with van der Waals surface area (Å²) in [6, 6.07) is 0. The standard InChI is InChI=1S/C3H3N2.3ClH.Zr/c1-2-5-3-4-1;;;;/h1-2H,(H,4,5);3*1H;/q;;;;+3/p-3. The summed E-state index contributed by atoms with van der Waals surface area (Å²) in [6.07, 6.45) is 3.58. The third-order valence-corrected chi connectivity index (χ3v) is 1.17. The predicted molar refractivity (Wildman–Crippen MR) is 18.2 cm³/mol. The molecule has 0 aliphatic heterocycles. The fourth-order valence-electron chi connectivity index (χ4n) is 0.265. The number of rotatable bonds is 0. The molecule has 0 atom stereocenters. The van der Waals surface area contributed by atoms with Crippen LogP contribution in [-0.4, -0.2) is 9.97 Å². The van der Waals surface area contributed by atoms with Gasteiger partial charge in [-0.25, -0.2) is 0 Å². The van der Waals surface area contributed by atoms with Crippen LogP contribution < -0.4 is 40.8 Å². The van der Waals surface area contributed by atoms with Crippen molar-refractivity contribution < 1.29 is 61.9 Å². The van der Waals surface area contributed by atoms with Crippen LogP contribution in [-0.2, 0) is 24.7 Å². The zero-order valence-electron chi connectivity index (χ0n) is 4.24. The molecule has 0 saturated heterocycles. The van der Waals surface area contributed by atoms with E-state index in [0.29, 0.717) is 0 Å². The van der Waals surface area contributed by atoms with E-state index in [2.05, 4.69) is 9.97 Å². The van der Waals surface area contributed by atoms with Crippen LogP contribution in [0.5, 0.6) is 0 Å². The molecule has 1 aromatic rings. The van der Waals surface area contributed by atoms with Gasteiger partial charge in [0.25, 0.3) is 0 Å². The zero-order chi connectivity index (χ0) is 4.41. The summed E-state index contributed by atoms with van der Waals surface area (Å²) in [5, 5.41) is 0. The van der Waals surface area contributed by atoms with Crippen molar-refractivity contribution in [3.63, 3.8) is 0 Å². The summed E-state index contributed by atoms with van der Waals surface area (Å²) in [4.78, 5) is 6.83. The van der Waals surface area contributed by atoms with Gasteiger partial charge in [0.2, 0.25) is 0 Å². The Bertz CT molecular complexity index is 121. The minimum atomic E-state index is 0. The van der Waals surface area contributed by atoms with E-state index in [9.17, 15) is 0 Å². The van der Waals surface area contributed by atoms with E-state index in [1.54, 1.807) is 6.20 Å². The molecule has 0 spiro atoms. The van der Waals surface area contributed by atoms with Crippen LogP contribution in [0.2, 0.25) is 0 Å². The Labute approximate surface area is 87.3 Å². The summed E-state index contributed by atoms with van der Waals surface area (Å²) >= 11 is 1.34. The molecule has 1 aromatic heterocycles. The summed E-state index contributed by atoms with van der Waals surface area (Å²) in [6.45, 7) is 0. The molecule has 0 fully saturated rings. The first-order valence-electron chi connectivity index (χ1n) is 1.60. The number of halogens is 3. The number of aromatic amines is 1. The van der Waals surface area contributed by atoms with E-state index in [-0.39, 0.29) is 37.2 Å². The third kappa shape index (κ3) is 6.85. The molecule has 1 N–H and O–H groups in total. The van der Waals surface area contributed by atoms with Crippen LogP contribution in [0.4, 0.5) is 0 Å². The van der Waals surface area contributed by atoms with Gasteiger partial charge in [0.15, 0.2) is 0 Å². The Morgan fingerprint density at radius 2 is 1.89 bits per heavy atom. The van der Waals surface area contributed by atoms with Crippen molar-refractivity contribution in [1.29, 1.82) is 0 Å².